The summed E-state index contributed by atoms with van der Waals surface area (Å²) in [6.07, 6.45) is 3.77. The molecule has 0 aliphatic heterocycles. The second-order valence-electron chi connectivity index (χ2n) is 4.27. The molecule has 1 saturated carbocycles. The van der Waals surface area contributed by atoms with Crippen LogP contribution in [0.25, 0.3) is 0 Å². The van der Waals surface area contributed by atoms with Gasteiger partial charge in [0.2, 0.25) is 0 Å². The highest BCUT2D eigenvalue weighted by Gasteiger charge is 2.20. The smallest absolute Gasteiger partial charge is 0.123 e. The van der Waals surface area contributed by atoms with Crippen LogP contribution in [-0.2, 0) is 0 Å². The molecule has 0 radical (unpaired) electrons. The van der Waals surface area contributed by atoms with Gasteiger partial charge in [-0.05, 0) is 49.4 Å². The predicted octanol–water partition coefficient (Wildman–Crippen LogP) is 3.43. The van der Waals surface area contributed by atoms with Gasteiger partial charge in [-0.2, -0.15) is 0 Å². The van der Waals surface area contributed by atoms with Crippen LogP contribution in [0.5, 0.6) is 0 Å². The summed E-state index contributed by atoms with van der Waals surface area (Å²) in [6, 6.07) is 7.19. The van der Waals surface area contributed by atoms with E-state index in [0.29, 0.717) is 6.04 Å². The molecule has 1 nitrogen and oxygen atoms in total. The summed E-state index contributed by atoms with van der Waals surface area (Å²) < 4.78 is 12.6. The van der Waals surface area contributed by atoms with Crippen LogP contribution in [0.2, 0.25) is 0 Å². The molecular formula is C12H16FN. The van der Waals surface area contributed by atoms with Crippen molar-refractivity contribution in [1.29, 1.82) is 0 Å². The van der Waals surface area contributed by atoms with Crippen molar-refractivity contribution in [2.24, 2.45) is 5.92 Å². The molecule has 0 heterocycles. The lowest BCUT2D eigenvalue weighted by molar-refractivity contribution is 0.602. The summed E-state index contributed by atoms with van der Waals surface area (Å²) in [4.78, 5) is 0. The van der Waals surface area contributed by atoms with Gasteiger partial charge in [0.1, 0.15) is 5.82 Å². The molecule has 1 fully saturated rings. The van der Waals surface area contributed by atoms with Crippen molar-refractivity contribution in [3.05, 3.63) is 30.1 Å². The quantitative estimate of drug-likeness (QED) is 0.758. The van der Waals surface area contributed by atoms with E-state index in [1.54, 1.807) is 12.1 Å². The molecule has 1 aromatic rings. The standard InChI is InChI=1S/C12H16FN/c1-9-2-5-12(8-9)14-11-6-3-10(13)4-7-11/h3-4,6-7,9,12,14H,2,5,8H2,1H3/t9-,12+/m1/s1. The number of benzene rings is 1. The summed E-state index contributed by atoms with van der Waals surface area (Å²) in [5.41, 5.74) is 1.03. The lowest BCUT2D eigenvalue weighted by Crippen LogP contribution is -2.14. The van der Waals surface area contributed by atoms with Gasteiger partial charge in [-0.3, -0.25) is 0 Å². The normalized spacial score (nSPS) is 26.4. The van der Waals surface area contributed by atoms with Crippen molar-refractivity contribution in [2.45, 2.75) is 32.2 Å². The molecule has 1 aliphatic rings. The fraction of sp³-hybridized carbons (Fsp3) is 0.500. The van der Waals surface area contributed by atoms with Crippen LogP contribution in [0, 0.1) is 11.7 Å². The second kappa shape index (κ2) is 3.99. The fourth-order valence-corrected chi connectivity index (χ4v) is 2.12. The van der Waals surface area contributed by atoms with Crippen molar-refractivity contribution < 1.29 is 4.39 Å². The fourth-order valence-electron chi connectivity index (χ4n) is 2.12. The van der Waals surface area contributed by atoms with E-state index in [9.17, 15) is 4.39 Å². The Labute approximate surface area is 84.3 Å². The average molecular weight is 193 g/mol. The van der Waals surface area contributed by atoms with Crippen molar-refractivity contribution in [3.8, 4) is 0 Å². The van der Waals surface area contributed by atoms with E-state index in [4.69, 9.17) is 0 Å². The lowest BCUT2D eigenvalue weighted by Gasteiger charge is -2.13. The SMILES string of the molecule is C[C@@H]1CC[C@H](Nc2ccc(F)cc2)C1. The van der Waals surface area contributed by atoms with E-state index in [-0.39, 0.29) is 5.82 Å². The van der Waals surface area contributed by atoms with Crippen molar-refractivity contribution >= 4 is 5.69 Å². The molecule has 76 valence electrons. The molecule has 2 rings (SSSR count). The Kier molecular flexibility index (Phi) is 2.71. The van der Waals surface area contributed by atoms with E-state index < -0.39 is 0 Å². The number of nitrogens with one attached hydrogen (secondary N) is 1. The van der Waals surface area contributed by atoms with Gasteiger partial charge in [0.15, 0.2) is 0 Å². The molecule has 1 aliphatic carbocycles. The van der Waals surface area contributed by atoms with Crippen LogP contribution in [0.15, 0.2) is 24.3 Å². The second-order valence-corrected chi connectivity index (χ2v) is 4.27. The minimum absolute atomic E-state index is 0.171. The molecule has 2 heteroatoms. The van der Waals surface area contributed by atoms with E-state index in [0.717, 1.165) is 11.6 Å². The minimum Gasteiger partial charge on any atom is -0.382 e. The zero-order valence-corrected chi connectivity index (χ0v) is 8.46. The Morgan fingerprint density at radius 1 is 1.21 bits per heavy atom. The molecule has 2 atom stereocenters. The van der Waals surface area contributed by atoms with Gasteiger partial charge in [-0.15, -0.1) is 0 Å². The summed E-state index contributed by atoms with van der Waals surface area (Å²) in [5.74, 6) is 0.656. The molecule has 1 N–H and O–H groups in total. The van der Waals surface area contributed by atoms with E-state index in [1.807, 2.05) is 0 Å². The lowest BCUT2D eigenvalue weighted by atomic mass is 10.1. The molecule has 1 aromatic carbocycles. The number of rotatable bonds is 2. The van der Waals surface area contributed by atoms with Gasteiger partial charge in [0, 0.05) is 11.7 Å². The van der Waals surface area contributed by atoms with Gasteiger partial charge in [-0.25, -0.2) is 4.39 Å². The topological polar surface area (TPSA) is 12.0 Å². The number of hydrogen-bond donors (Lipinski definition) is 1. The Bertz CT molecular complexity index is 294. The minimum atomic E-state index is -0.171. The van der Waals surface area contributed by atoms with Crippen LogP contribution in [-0.4, -0.2) is 6.04 Å². The van der Waals surface area contributed by atoms with E-state index >= 15 is 0 Å². The molecule has 0 spiro atoms. The predicted molar refractivity (Wildman–Crippen MR) is 56.8 cm³/mol. The van der Waals surface area contributed by atoms with Gasteiger partial charge in [-0.1, -0.05) is 6.92 Å². The number of anilines is 1. The number of halogens is 1. The maximum atomic E-state index is 12.6. The van der Waals surface area contributed by atoms with Crippen LogP contribution in [0.1, 0.15) is 26.2 Å². The third-order valence-electron chi connectivity index (χ3n) is 2.91. The zero-order valence-electron chi connectivity index (χ0n) is 8.46. The van der Waals surface area contributed by atoms with E-state index in [1.165, 1.54) is 31.4 Å². The van der Waals surface area contributed by atoms with Gasteiger partial charge in [0.25, 0.3) is 0 Å². The number of hydrogen-bond acceptors (Lipinski definition) is 1. The largest absolute Gasteiger partial charge is 0.382 e. The Hall–Kier alpha value is -1.05. The van der Waals surface area contributed by atoms with E-state index in [2.05, 4.69) is 12.2 Å². The van der Waals surface area contributed by atoms with Gasteiger partial charge in [0.05, 0.1) is 0 Å². The highest BCUT2D eigenvalue weighted by molar-refractivity contribution is 5.43. The third-order valence-corrected chi connectivity index (χ3v) is 2.91. The summed E-state index contributed by atoms with van der Waals surface area (Å²) in [5, 5.41) is 3.43. The Morgan fingerprint density at radius 2 is 1.93 bits per heavy atom. The summed E-state index contributed by atoms with van der Waals surface area (Å²) >= 11 is 0. The first-order valence-electron chi connectivity index (χ1n) is 5.26. The monoisotopic (exact) mass is 193 g/mol. The van der Waals surface area contributed by atoms with Crippen molar-refractivity contribution in [1.82, 2.24) is 0 Å². The maximum absolute atomic E-state index is 12.6. The van der Waals surface area contributed by atoms with Crippen molar-refractivity contribution in [2.75, 3.05) is 5.32 Å². The highest BCUT2D eigenvalue weighted by Crippen LogP contribution is 2.27. The highest BCUT2D eigenvalue weighted by atomic mass is 19.1. The molecule has 0 unspecified atom stereocenters. The molecule has 0 bridgehead atoms. The summed E-state index contributed by atoms with van der Waals surface area (Å²) in [7, 11) is 0. The first-order chi connectivity index (χ1) is 6.74. The molecule has 0 amide bonds. The molecule has 0 saturated heterocycles. The molecule has 14 heavy (non-hydrogen) atoms. The first kappa shape index (κ1) is 9.50. The molecular weight excluding hydrogens is 177 g/mol. The van der Waals surface area contributed by atoms with Crippen LogP contribution >= 0.6 is 0 Å². The third kappa shape index (κ3) is 2.25. The average Bonchev–Trinajstić information content (AvgIpc) is 2.56. The van der Waals surface area contributed by atoms with Gasteiger partial charge < -0.3 is 5.32 Å². The van der Waals surface area contributed by atoms with Crippen molar-refractivity contribution in [3.63, 3.8) is 0 Å². The molecule has 0 aromatic heterocycles. The Morgan fingerprint density at radius 3 is 2.50 bits per heavy atom. The van der Waals surface area contributed by atoms with Crippen LogP contribution in [0.4, 0.5) is 10.1 Å². The van der Waals surface area contributed by atoms with Crippen LogP contribution < -0.4 is 5.32 Å². The summed E-state index contributed by atoms with van der Waals surface area (Å²) in [6.45, 7) is 2.28. The maximum Gasteiger partial charge on any atom is 0.123 e. The van der Waals surface area contributed by atoms with Crippen LogP contribution in [0.3, 0.4) is 0 Å². The van der Waals surface area contributed by atoms with Gasteiger partial charge >= 0.3 is 0 Å². The zero-order chi connectivity index (χ0) is 9.97. The first-order valence-corrected chi connectivity index (χ1v) is 5.26. The Balaban J connectivity index is 1.94.